The van der Waals surface area contributed by atoms with Gasteiger partial charge in [0.25, 0.3) is 0 Å². The van der Waals surface area contributed by atoms with Crippen LogP contribution in [0.4, 0.5) is 0 Å². The normalized spacial score (nSPS) is 20.9. The van der Waals surface area contributed by atoms with Crippen molar-refractivity contribution < 1.29 is 17.9 Å². The Balaban J connectivity index is 1.72. The number of nitrogens with zero attached hydrogens (tertiary/aromatic N) is 1. The van der Waals surface area contributed by atoms with E-state index in [0.717, 1.165) is 32.1 Å². The Morgan fingerprint density at radius 1 is 1.28 bits per heavy atom. The van der Waals surface area contributed by atoms with Crippen molar-refractivity contribution in [3.05, 3.63) is 24.3 Å². The number of ether oxygens (including phenoxy) is 1. The Labute approximate surface area is 150 Å². The molecule has 1 aromatic rings. The van der Waals surface area contributed by atoms with Gasteiger partial charge in [-0.15, -0.1) is 0 Å². The van der Waals surface area contributed by atoms with E-state index in [0.29, 0.717) is 18.9 Å². The maximum atomic E-state index is 12.4. The molecule has 25 heavy (non-hydrogen) atoms. The SMILES string of the molecule is CN(CCCOc1ccc(S(C)(=O)=O)cc1)C(=O)C1CCCC(N)C1. The van der Waals surface area contributed by atoms with Gasteiger partial charge in [-0.25, -0.2) is 8.42 Å². The van der Waals surface area contributed by atoms with Gasteiger partial charge < -0.3 is 15.4 Å². The van der Waals surface area contributed by atoms with E-state index in [-0.39, 0.29) is 22.8 Å². The summed E-state index contributed by atoms with van der Waals surface area (Å²) in [4.78, 5) is 14.4. The Bertz CT molecular complexity index is 673. The van der Waals surface area contributed by atoms with Crippen LogP contribution < -0.4 is 10.5 Å². The fourth-order valence-electron chi connectivity index (χ4n) is 3.15. The lowest BCUT2D eigenvalue weighted by Crippen LogP contribution is -2.39. The summed E-state index contributed by atoms with van der Waals surface area (Å²) >= 11 is 0. The number of hydrogen-bond acceptors (Lipinski definition) is 5. The first-order valence-electron chi connectivity index (χ1n) is 8.71. The predicted molar refractivity (Wildman–Crippen MR) is 97.2 cm³/mol. The third-order valence-corrected chi connectivity index (χ3v) is 5.73. The van der Waals surface area contributed by atoms with Gasteiger partial charge in [0.05, 0.1) is 11.5 Å². The number of benzene rings is 1. The van der Waals surface area contributed by atoms with E-state index in [9.17, 15) is 13.2 Å². The van der Waals surface area contributed by atoms with Gasteiger partial charge in [0.1, 0.15) is 5.75 Å². The number of hydrogen-bond donors (Lipinski definition) is 1. The maximum Gasteiger partial charge on any atom is 0.225 e. The van der Waals surface area contributed by atoms with Crippen molar-refractivity contribution in [3.63, 3.8) is 0 Å². The summed E-state index contributed by atoms with van der Waals surface area (Å²) in [5, 5.41) is 0. The van der Waals surface area contributed by atoms with Crippen LogP contribution in [-0.4, -0.2) is 51.7 Å². The van der Waals surface area contributed by atoms with Crippen molar-refractivity contribution in [2.75, 3.05) is 26.5 Å². The Kier molecular flexibility index (Phi) is 6.84. The molecule has 0 spiro atoms. The smallest absolute Gasteiger partial charge is 0.225 e. The van der Waals surface area contributed by atoms with E-state index >= 15 is 0 Å². The molecule has 0 radical (unpaired) electrons. The molecule has 2 atom stereocenters. The number of carbonyl (C=O) groups is 1. The van der Waals surface area contributed by atoms with Crippen molar-refractivity contribution in [2.45, 2.75) is 43.0 Å². The number of carbonyl (C=O) groups excluding carboxylic acids is 1. The van der Waals surface area contributed by atoms with Gasteiger partial charge in [0.2, 0.25) is 5.91 Å². The van der Waals surface area contributed by atoms with Gasteiger partial charge in [0, 0.05) is 31.8 Å². The minimum absolute atomic E-state index is 0.0539. The van der Waals surface area contributed by atoms with E-state index < -0.39 is 9.84 Å². The molecule has 6 nitrogen and oxygen atoms in total. The van der Waals surface area contributed by atoms with E-state index in [1.54, 1.807) is 17.0 Å². The molecule has 0 aliphatic heterocycles. The van der Waals surface area contributed by atoms with Gasteiger partial charge in [0.15, 0.2) is 9.84 Å². The molecule has 2 rings (SSSR count). The van der Waals surface area contributed by atoms with Gasteiger partial charge in [-0.05, 0) is 49.9 Å². The first kappa shape index (κ1) is 19.7. The van der Waals surface area contributed by atoms with Gasteiger partial charge in [-0.1, -0.05) is 6.42 Å². The average molecular weight is 368 g/mol. The Hall–Kier alpha value is -1.60. The van der Waals surface area contributed by atoms with E-state index in [1.807, 2.05) is 7.05 Å². The second-order valence-electron chi connectivity index (χ2n) is 6.83. The fourth-order valence-corrected chi connectivity index (χ4v) is 3.78. The Morgan fingerprint density at radius 2 is 1.96 bits per heavy atom. The average Bonchev–Trinajstić information content (AvgIpc) is 2.57. The molecule has 1 aromatic carbocycles. The summed E-state index contributed by atoms with van der Waals surface area (Å²) in [6, 6.07) is 6.51. The summed E-state index contributed by atoms with van der Waals surface area (Å²) < 4.78 is 28.4. The van der Waals surface area contributed by atoms with Crippen LogP contribution in [0.2, 0.25) is 0 Å². The molecule has 1 aliphatic carbocycles. The van der Waals surface area contributed by atoms with Crippen LogP contribution in [0, 0.1) is 5.92 Å². The molecule has 7 heteroatoms. The topological polar surface area (TPSA) is 89.7 Å². The molecule has 0 saturated heterocycles. The molecular weight excluding hydrogens is 340 g/mol. The van der Waals surface area contributed by atoms with Gasteiger partial charge in [-0.3, -0.25) is 4.79 Å². The second-order valence-corrected chi connectivity index (χ2v) is 8.84. The molecule has 0 bridgehead atoms. The first-order valence-corrected chi connectivity index (χ1v) is 10.6. The van der Waals surface area contributed by atoms with Crippen LogP contribution in [0.1, 0.15) is 32.1 Å². The monoisotopic (exact) mass is 368 g/mol. The van der Waals surface area contributed by atoms with E-state index in [1.165, 1.54) is 18.4 Å². The van der Waals surface area contributed by atoms with Crippen molar-refractivity contribution in [1.29, 1.82) is 0 Å². The molecular formula is C18H28N2O4S. The quantitative estimate of drug-likeness (QED) is 0.742. The van der Waals surface area contributed by atoms with Crippen LogP contribution in [0.25, 0.3) is 0 Å². The number of rotatable bonds is 7. The zero-order valence-corrected chi connectivity index (χ0v) is 15.8. The number of amides is 1. The van der Waals surface area contributed by atoms with Gasteiger partial charge >= 0.3 is 0 Å². The van der Waals surface area contributed by atoms with Crippen LogP contribution >= 0.6 is 0 Å². The van der Waals surface area contributed by atoms with Gasteiger partial charge in [-0.2, -0.15) is 0 Å². The highest BCUT2D eigenvalue weighted by molar-refractivity contribution is 7.90. The largest absolute Gasteiger partial charge is 0.494 e. The van der Waals surface area contributed by atoms with Crippen LogP contribution in [-0.2, 0) is 14.6 Å². The molecule has 1 fully saturated rings. The molecule has 0 aromatic heterocycles. The van der Waals surface area contributed by atoms with E-state index in [2.05, 4.69) is 0 Å². The fraction of sp³-hybridized carbons (Fsp3) is 0.611. The molecule has 140 valence electrons. The molecule has 1 aliphatic rings. The molecule has 0 heterocycles. The minimum Gasteiger partial charge on any atom is -0.494 e. The first-order chi connectivity index (χ1) is 11.8. The van der Waals surface area contributed by atoms with Crippen LogP contribution in [0.3, 0.4) is 0 Å². The summed E-state index contributed by atoms with van der Waals surface area (Å²) in [5.41, 5.74) is 5.96. The zero-order chi connectivity index (χ0) is 18.4. The van der Waals surface area contributed by atoms with Crippen molar-refractivity contribution in [1.82, 2.24) is 4.90 Å². The van der Waals surface area contributed by atoms with Crippen LogP contribution in [0.5, 0.6) is 5.75 Å². The summed E-state index contributed by atoms with van der Waals surface area (Å²) in [5.74, 6) is 0.852. The lowest BCUT2D eigenvalue weighted by atomic mass is 9.85. The van der Waals surface area contributed by atoms with Crippen molar-refractivity contribution >= 4 is 15.7 Å². The van der Waals surface area contributed by atoms with Crippen molar-refractivity contribution in [2.24, 2.45) is 11.7 Å². The zero-order valence-electron chi connectivity index (χ0n) is 15.0. The lowest BCUT2D eigenvalue weighted by Gasteiger charge is -2.29. The molecule has 1 amide bonds. The third kappa shape index (κ3) is 6.01. The minimum atomic E-state index is -3.19. The molecule has 2 unspecified atom stereocenters. The highest BCUT2D eigenvalue weighted by Gasteiger charge is 2.27. The number of nitrogens with two attached hydrogens (primary N) is 1. The Morgan fingerprint density at radius 3 is 2.56 bits per heavy atom. The van der Waals surface area contributed by atoms with E-state index in [4.69, 9.17) is 10.5 Å². The summed E-state index contributed by atoms with van der Waals surface area (Å²) in [6.45, 7) is 1.10. The summed E-state index contributed by atoms with van der Waals surface area (Å²) in [6.07, 6.45) is 5.65. The third-order valence-electron chi connectivity index (χ3n) is 4.60. The predicted octanol–water partition coefficient (Wildman–Crippen LogP) is 1.83. The molecule has 2 N–H and O–H groups in total. The summed E-state index contributed by atoms with van der Waals surface area (Å²) in [7, 11) is -1.37. The second kappa shape index (κ2) is 8.67. The number of sulfone groups is 1. The standard InChI is InChI=1S/C18H28N2O4S/c1-20(18(21)14-5-3-6-15(19)13-14)11-4-12-24-16-7-9-17(10-8-16)25(2,22)23/h7-10,14-15H,3-6,11-13,19H2,1-2H3. The highest BCUT2D eigenvalue weighted by atomic mass is 32.2. The lowest BCUT2D eigenvalue weighted by molar-refractivity contribution is -0.135. The van der Waals surface area contributed by atoms with Crippen molar-refractivity contribution in [3.8, 4) is 5.75 Å². The molecule has 1 saturated carbocycles. The van der Waals surface area contributed by atoms with Crippen LogP contribution in [0.15, 0.2) is 29.2 Å². The maximum absolute atomic E-state index is 12.4. The highest BCUT2D eigenvalue weighted by Crippen LogP contribution is 2.24.